The normalized spacial score (nSPS) is 18.1. The minimum absolute atomic E-state index is 0.0957. The first-order chi connectivity index (χ1) is 23.6. The lowest BCUT2D eigenvalue weighted by Crippen LogP contribution is -2.50. The molecule has 2 aliphatic rings. The Hall–Kier alpha value is -3.11. The molecule has 6 rings (SSSR count). The first kappa shape index (κ1) is 35.7. The summed E-state index contributed by atoms with van der Waals surface area (Å²) in [5.41, 5.74) is 4.28. The number of thiazole rings is 1. The van der Waals surface area contributed by atoms with E-state index < -0.39 is 5.54 Å². The smallest absolute Gasteiger partial charge is 0.259 e. The first-order valence-electron chi connectivity index (χ1n) is 15.4. The number of halogens is 3. The van der Waals surface area contributed by atoms with Gasteiger partial charge in [0, 0.05) is 40.3 Å². The number of phenols is 1. The van der Waals surface area contributed by atoms with Crippen molar-refractivity contribution >= 4 is 93.4 Å². The van der Waals surface area contributed by atoms with Crippen molar-refractivity contribution in [2.75, 3.05) is 50.2 Å². The molecule has 1 unspecified atom stereocenters. The number of hydroxylamine groups is 2. The quantitative estimate of drug-likeness (QED) is 0.110. The molecule has 0 aliphatic carbocycles. The van der Waals surface area contributed by atoms with Gasteiger partial charge in [-0.15, -0.1) is 11.3 Å². The Labute approximate surface area is 313 Å². The number of hydrogen-bond acceptors (Lipinski definition) is 9. The van der Waals surface area contributed by atoms with Gasteiger partial charge in [-0.3, -0.25) is 14.4 Å². The molecule has 3 heterocycles. The van der Waals surface area contributed by atoms with Gasteiger partial charge in [0.2, 0.25) is 5.91 Å². The van der Waals surface area contributed by atoms with Gasteiger partial charge in [-0.2, -0.15) is 5.06 Å². The van der Waals surface area contributed by atoms with Gasteiger partial charge in [0.1, 0.15) is 11.5 Å². The van der Waals surface area contributed by atoms with E-state index in [4.69, 9.17) is 14.3 Å². The summed E-state index contributed by atoms with van der Waals surface area (Å²) in [7, 11) is 1.64. The van der Waals surface area contributed by atoms with Crippen LogP contribution in [0, 0.1) is 0 Å². The van der Waals surface area contributed by atoms with Crippen molar-refractivity contribution in [3.63, 3.8) is 0 Å². The monoisotopic (exact) mass is 874 g/mol. The Morgan fingerprint density at radius 2 is 1.90 bits per heavy atom. The molecule has 2 N–H and O–H groups in total. The van der Waals surface area contributed by atoms with E-state index in [2.05, 4.69) is 58.1 Å². The van der Waals surface area contributed by atoms with Crippen LogP contribution >= 0.6 is 59.1 Å². The topological polar surface area (TPSA) is 113 Å². The minimum atomic E-state index is -0.743. The van der Waals surface area contributed by atoms with Gasteiger partial charge in [-0.1, -0.05) is 22.0 Å². The molecule has 14 heteroatoms. The lowest BCUT2D eigenvalue weighted by Gasteiger charge is -2.44. The number of amides is 2. The number of carbonyl (C=O) groups excluding carboxylic acids is 2. The minimum Gasteiger partial charge on any atom is -0.506 e. The number of phenolic OH excluding ortho intramolecular Hbond substituents is 1. The van der Waals surface area contributed by atoms with E-state index in [9.17, 15) is 14.7 Å². The van der Waals surface area contributed by atoms with Crippen LogP contribution in [0.15, 0.2) is 73.5 Å². The van der Waals surface area contributed by atoms with Crippen molar-refractivity contribution in [1.29, 1.82) is 0 Å². The van der Waals surface area contributed by atoms with E-state index in [1.165, 1.54) is 11.3 Å². The highest BCUT2D eigenvalue weighted by molar-refractivity contribution is 9.11. The number of benzene rings is 3. The molecule has 0 saturated carbocycles. The number of fused-ring (bicyclic) bond motifs is 2. The largest absolute Gasteiger partial charge is 0.506 e. The maximum absolute atomic E-state index is 13.7. The number of nitrogens with one attached hydrogen (secondary N) is 1. The molecule has 0 fully saturated rings. The second-order valence-electron chi connectivity index (χ2n) is 11.7. The third-order valence-corrected chi connectivity index (χ3v) is 10.9. The highest BCUT2D eigenvalue weighted by Crippen LogP contribution is 2.42. The van der Waals surface area contributed by atoms with E-state index in [1.807, 2.05) is 59.8 Å². The molecule has 256 valence electrons. The SMILES string of the molecule is COc1ccc2c(c1)CCN(OCCOCCN1C(=O)C(=Cc3cc(Br)c(O)c(Br)c3)c3cc(Br)ccc31)C2(C)CC(=O)Nc1nccs1. The Balaban J connectivity index is 1.09. The zero-order chi connectivity index (χ0) is 34.7. The number of aromatic nitrogens is 1. The van der Waals surface area contributed by atoms with Gasteiger partial charge in [0.15, 0.2) is 5.13 Å². The van der Waals surface area contributed by atoms with Crippen molar-refractivity contribution < 1.29 is 29.0 Å². The van der Waals surface area contributed by atoms with Crippen molar-refractivity contribution in [3.05, 3.63) is 95.8 Å². The summed E-state index contributed by atoms with van der Waals surface area (Å²) >= 11 is 11.6. The van der Waals surface area contributed by atoms with E-state index in [1.54, 1.807) is 30.3 Å². The second kappa shape index (κ2) is 15.4. The van der Waals surface area contributed by atoms with Crippen LogP contribution < -0.4 is 15.0 Å². The highest BCUT2D eigenvalue weighted by Gasteiger charge is 2.42. The molecule has 4 aromatic rings. The summed E-state index contributed by atoms with van der Waals surface area (Å²) < 4.78 is 13.3. The molecule has 2 aliphatic heterocycles. The molecule has 0 spiro atoms. The summed E-state index contributed by atoms with van der Waals surface area (Å²) in [5, 5.41) is 17.3. The lowest BCUT2D eigenvalue weighted by atomic mass is 9.80. The fraction of sp³-hybridized carbons (Fsp3) is 0.286. The zero-order valence-electron chi connectivity index (χ0n) is 26.7. The van der Waals surface area contributed by atoms with Crippen LogP contribution in [0.3, 0.4) is 0 Å². The zero-order valence-corrected chi connectivity index (χ0v) is 32.2. The molecular weight excluding hydrogens is 844 g/mol. The Morgan fingerprint density at radius 1 is 1.10 bits per heavy atom. The Morgan fingerprint density at radius 3 is 2.63 bits per heavy atom. The summed E-state index contributed by atoms with van der Waals surface area (Å²) in [5.74, 6) is 0.571. The van der Waals surface area contributed by atoms with Crippen LogP contribution in [-0.4, -0.2) is 67.0 Å². The van der Waals surface area contributed by atoms with Crippen LogP contribution in [0.2, 0.25) is 0 Å². The molecule has 0 radical (unpaired) electrons. The van der Waals surface area contributed by atoms with Crippen LogP contribution in [0.5, 0.6) is 11.5 Å². The van der Waals surface area contributed by atoms with Gasteiger partial charge in [-0.25, -0.2) is 4.98 Å². The average Bonchev–Trinajstić information content (AvgIpc) is 3.67. The van der Waals surface area contributed by atoms with Crippen molar-refractivity contribution in [2.24, 2.45) is 0 Å². The van der Waals surface area contributed by atoms with Gasteiger partial charge in [0.25, 0.3) is 5.91 Å². The van der Waals surface area contributed by atoms with Crippen LogP contribution in [0.25, 0.3) is 11.6 Å². The number of methoxy groups -OCH3 is 1. The molecule has 49 heavy (non-hydrogen) atoms. The fourth-order valence-corrected chi connectivity index (χ4v) is 8.30. The van der Waals surface area contributed by atoms with Crippen molar-refractivity contribution in [1.82, 2.24) is 10.0 Å². The third-order valence-electron chi connectivity index (χ3n) is 8.51. The number of hydrogen-bond donors (Lipinski definition) is 2. The maximum Gasteiger partial charge on any atom is 0.259 e. The van der Waals surface area contributed by atoms with Gasteiger partial charge in [0.05, 0.1) is 53.5 Å². The van der Waals surface area contributed by atoms with Crippen LogP contribution in [0.4, 0.5) is 10.8 Å². The van der Waals surface area contributed by atoms with Gasteiger partial charge >= 0.3 is 0 Å². The number of ether oxygens (including phenoxy) is 2. The number of carbonyl (C=O) groups is 2. The molecular formula is C35H33Br3N4O6S. The van der Waals surface area contributed by atoms with Gasteiger partial charge in [-0.05, 0) is 110 Å². The fourth-order valence-electron chi connectivity index (χ4n) is 6.17. The van der Waals surface area contributed by atoms with Crippen LogP contribution in [-0.2, 0) is 31.1 Å². The second-order valence-corrected chi connectivity index (χ2v) is 15.2. The molecule has 1 atom stereocenters. The van der Waals surface area contributed by atoms with Crippen molar-refractivity contribution in [3.8, 4) is 11.5 Å². The highest BCUT2D eigenvalue weighted by atomic mass is 79.9. The number of rotatable bonds is 12. The Bertz CT molecular complexity index is 1880. The van der Waals surface area contributed by atoms with Crippen molar-refractivity contribution in [2.45, 2.75) is 25.3 Å². The van der Waals surface area contributed by atoms with E-state index in [-0.39, 0.29) is 30.6 Å². The van der Waals surface area contributed by atoms with Crippen LogP contribution in [0.1, 0.15) is 35.6 Å². The number of nitrogens with zero attached hydrogens (tertiary/aromatic N) is 3. The predicted molar refractivity (Wildman–Crippen MR) is 201 cm³/mol. The summed E-state index contributed by atoms with van der Waals surface area (Å²) in [4.78, 5) is 39.0. The summed E-state index contributed by atoms with van der Waals surface area (Å²) in [6, 6.07) is 15.2. The summed E-state index contributed by atoms with van der Waals surface area (Å²) in [6.45, 7) is 3.79. The molecule has 0 saturated heterocycles. The maximum atomic E-state index is 13.7. The number of anilines is 2. The van der Waals surface area contributed by atoms with E-state index in [0.717, 1.165) is 44.6 Å². The molecule has 2 amide bonds. The van der Waals surface area contributed by atoms with Gasteiger partial charge < -0.3 is 24.8 Å². The first-order valence-corrected chi connectivity index (χ1v) is 18.7. The lowest BCUT2D eigenvalue weighted by molar-refractivity contribution is -0.234. The molecule has 1 aromatic heterocycles. The number of aromatic hydroxyl groups is 1. The van der Waals surface area contributed by atoms with E-state index >= 15 is 0 Å². The standard InChI is InChI=1S/C35H33Br3N4O6S/c1-35(20-31(43)40-34-39-8-14-49-34)27-5-4-24(46-2)18-22(27)7-9-42(35)48-13-12-47-11-10-41-30-6-3-23(36)19-25(30)26(33(41)45)15-21-16-28(37)32(44)29(38)17-21/h3-6,8,14-19,44H,7,9-13,20H2,1-2H3,(H,39,40,43). The molecule has 3 aromatic carbocycles. The predicted octanol–water partition coefficient (Wildman–Crippen LogP) is 7.78. The molecule has 10 nitrogen and oxygen atoms in total. The summed E-state index contributed by atoms with van der Waals surface area (Å²) in [6.07, 6.45) is 4.37. The average molecular weight is 877 g/mol. The third kappa shape index (κ3) is 7.80. The Kier molecular flexibility index (Phi) is 11.2. The van der Waals surface area contributed by atoms with E-state index in [0.29, 0.717) is 46.0 Å². The molecule has 0 bridgehead atoms.